The molecule has 0 fully saturated rings. The first kappa shape index (κ1) is 12.8. The maximum Gasteiger partial charge on any atom is 0.0896 e. The van der Waals surface area contributed by atoms with Crippen LogP contribution in [0, 0.1) is 13.8 Å². The largest absolute Gasteiger partial charge is 0.271 e. The van der Waals surface area contributed by atoms with Crippen LogP contribution in [0.3, 0.4) is 0 Å². The van der Waals surface area contributed by atoms with Crippen LogP contribution in [0.5, 0.6) is 0 Å². The zero-order valence-electron chi connectivity index (χ0n) is 11.5. The number of hydrogen-bond donors (Lipinski definition) is 2. The van der Waals surface area contributed by atoms with Crippen LogP contribution in [0.1, 0.15) is 28.3 Å². The molecule has 0 radical (unpaired) electrons. The van der Waals surface area contributed by atoms with Crippen LogP contribution >= 0.6 is 0 Å². The summed E-state index contributed by atoms with van der Waals surface area (Å²) in [5.74, 6) is 5.79. The second kappa shape index (κ2) is 5.03. The number of nitrogens with two attached hydrogens (primary N) is 1. The summed E-state index contributed by atoms with van der Waals surface area (Å²) < 4.78 is 1.80. The molecule has 0 saturated heterocycles. The van der Waals surface area contributed by atoms with Crippen molar-refractivity contribution in [2.45, 2.75) is 19.9 Å². The summed E-state index contributed by atoms with van der Waals surface area (Å²) in [7, 11) is 0. The third-order valence-corrected chi connectivity index (χ3v) is 3.57. The molecule has 102 valence electrons. The molecule has 0 bridgehead atoms. The predicted molar refractivity (Wildman–Crippen MR) is 78.1 cm³/mol. The molecule has 3 N–H and O–H groups in total. The molecule has 2 aromatic heterocycles. The number of benzene rings is 1. The Morgan fingerprint density at radius 1 is 1.20 bits per heavy atom. The lowest BCUT2D eigenvalue weighted by Crippen LogP contribution is -2.29. The minimum absolute atomic E-state index is 0.0997. The number of hydrazine groups is 1. The quantitative estimate of drug-likeness (QED) is 0.562. The molecule has 5 heteroatoms. The SMILES string of the molecule is Cc1ccc(C(NN)c2cnn3ccncc23)c(C)c1. The van der Waals surface area contributed by atoms with E-state index in [1.807, 2.05) is 12.4 Å². The van der Waals surface area contributed by atoms with Crippen LogP contribution in [0.2, 0.25) is 0 Å². The van der Waals surface area contributed by atoms with E-state index in [2.05, 4.69) is 47.6 Å². The number of aromatic nitrogens is 3. The average Bonchev–Trinajstić information content (AvgIpc) is 2.86. The lowest BCUT2D eigenvalue weighted by atomic mass is 9.95. The van der Waals surface area contributed by atoms with Crippen molar-refractivity contribution >= 4 is 5.52 Å². The molecule has 2 heterocycles. The standard InChI is InChI=1S/C15H17N5/c1-10-3-4-12(11(2)7-10)15(19-16)13-8-18-20-6-5-17-9-14(13)20/h3-9,15,19H,16H2,1-2H3. The molecule has 0 aliphatic carbocycles. The van der Waals surface area contributed by atoms with Crippen LogP contribution in [0.4, 0.5) is 0 Å². The lowest BCUT2D eigenvalue weighted by Gasteiger charge is -2.18. The van der Waals surface area contributed by atoms with E-state index in [0.717, 1.165) is 16.6 Å². The third kappa shape index (κ3) is 2.07. The molecule has 5 nitrogen and oxygen atoms in total. The fourth-order valence-corrected chi connectivity index (χ4v) is 2.57. The number of nitrogens with one attached hydrogen (secondary N) is 1. The first-order valence-corrected chi connectivity index (χ1v) is 6.51. The van der Waals surface area contributed by atoms with Gasteiger partial charge < -0.3 is 0 Å². The van der Waals surface area contributed by atoms with Crippen LogP contribution in [-0.2, 0) is 0 Å². The van der Waals surface area contributed by atoms with Gasteiger partial charge in [0.2, 0.25) is 0 Å². The summed E-state index contributed by atoms with van der Waals surface area (Å²) in [5.41, 5.74) is 8.46. The van der Waals surface area contributed by atoms with Gasteiger partial charge in [-0.2, -0.15) is 5.10 Å². The van der Waals surface area contributed by atoms with Gasteiger partial charge in [-0.25, -0.2) is 9.94 Å². The Morgan fingerprint density at radius 3 is 2.80 bits per heavy atom. The van der Waals surface area contributed by atoms with E-state index >= 15 is 0 Å². The summed E-state index contributed by atoms with van der Waals surface area (Å²) in [6.45, 7) is 4.18. The van der Waals surface area contributed by atoms with Gasteiger partial charge in [0.1, 0.15) is 0 Å². The molecular weight excluding hydrogens is 250 g/mol. The number of rotatable bonds is 3. The Labute approximate surface area is 117 Å². The van der Waals surface area contributed by atoms with Crippen molar-refractivity contribution in [1.29, 1.82) is 0 Å². The summed E-state index contributed by atoms with van der Waals surface area (Å²) in [4.78, 5) is 4.16. The fourth-order valence-electron chi connectivity index (χ4n) is 2.57. The Morgan fingerprint density at radius 2 is 2.05 bits per heavy atom. The summed E-state index contributed by atoms with van der Waals surface area (Å²) >= 11 is 0. The molecule has 0 aliphatic rings. The molecule has 0 spiro atoms. The third-order valence-electron chi connectivity index (χ3n) is 3.57. The molecule has 1 unspecified atom stereocenters. The minimum atomic E-state index is -0.0997. The van der Waals surface area contributed by atoms with Crippen molar-refractivity contribution in [2.24, 2.45) is 5.84 Å². The number of aryl methyl sites for hydroxylation is 2. The highest BCUT2D eigenvalue weighted by Crippen LogP contribution is 2.27. The zero-order valence-corrected chi connectivity index (χ0v) is 11.5. The summed E-state index contributed by atoms with van der Waals surface area (Å²) in [5, 5.41) is 4.34. The van der Waals surface area contributed by atoms with E-state index in [4.69, 9.17) is 5.84 Å². The van der Waals surface area contributed by atoms with Crippen molar-refractivity contribution in [3.05, 3.63) is 65.2 Å². The highest BCUT2D eigenvalue weighted by Gasteiger charge is 2.18. The summed E-state index contributed by atoms with van der Waals surface area (Å²) in [6.07, 6.45) is 7.18. The van der Waals surface area contributed by atoms with E-state index in [1.165, 1.54) is 11.1 Å². The Hall–Kier alpha value is -2.24. The molecule has 20 heavy (non-hydrogen) atoms. The number of hydrogen-bond acceptors (Lipinski definition) is 4. The van der Waals surface area contributed by atoms with Gasteiger partial charge >= 0.3 is 0 Å². The Bertz CT molecular complexity index is 747. The molecule has 0 saturated carbocycles. The van der Waals surface area contributed by atoms with Crippen molar-refractivity contribution in [2.75, 3.05) is 0 Å². The van der Waals surface area contributed by atoms with Crippen LogP contribution < -0.4 is 11.3 Å². The van der Waals surface area contributed by atoms with Gasteiger partial charge in [0.25, 0.3) is 0 Å². The Balaban J connectivity index is 2.14. The van der Waals surface area contributed by atoms with E-state index < -0.39 is 0 Å². The van der Waals surface area contributed by atoms with Crippen LogP contribution in [0.15, 0.2) is 43.0 Å². The molecule has 0 aliphatic heterocycles. The molecular formula is C15H17N5. The van der Waals surface area contributed by atoms with Gasteiger partial charge in [-0.1, -0.05) is 23.8 Å². The molecule has 0 amide bonds. The first-order chi connectivity index (χ1) is 9.70. The number of fused-ring (bicyclic) bond motifs is 1. The average molecular weight is 267 g/mol. The summed E-state index contributed by atoms with van der Waals surface area (Å²) in [6, 6.07) is 6.26. The maximum atomic E-state index is 5.79. The van der Waals surface area contributed by atoms with Gasteiger partial charge in [0.05, 0.1) is 24.0 Å². The van der Waals surface area contributed by atoms with E-state index in [1.54, 1.807) is 16.9 Å². The highest BCUT2D eigenvalue weighted by atomic mass is 15.3. The fraction of sp³-hybridized carbons (Fsp3) is 0.200. The molecule has 1 aromatic carbocycles. The predicted octanol–water partition coefficient (Wildman–Crippen LogP) is 1.90. The van der Waals surface area contributed by atoms with Crippen LogP contribution in [-0.4, -0.2) is 14.6 Å². The second-order valence-corrected chi connectivity index (χ2v) is 4.97. The van der Waals surface area contributed by atoms with Gasteiger partial charge in [0.15, 0.2) is 0 Å². The highest BCUT2D eigenvalue weighted by molar-refractivity contribution is 5.56. The van der Waals surface area contributed by atoms with E-state index in [0.29, 0.717) is 0 Å². The van der Waals surface area contributed by atoms with Crippen molar-refractivity contribution in [3.63, 3.8) is 0 Å². The maximum absolute atomic E-state index is 5.79. The Kier molecular flexibility index (Phi) is 3.22. The smallest absolute Gasteiger partial charge is 0.0896 e. The van der Waals surface area contributed by atoms with Crippen molar-refractivity contribution in [3.8, 4) is 0 Å². The van der Waals surface area contributed by atoms with Gasteiger partial charge in [-0.3, -0.25) is 10.8 Å². The minimum Gasteiger partial charge on any atom is -0.271 e. The zero-order chi connectivity index (χ0) is 14.1. The van der Waals surface area contributed by atoms with Crippen molar-refractivity contribution in [1.82, 2.24) is 20.0 Å². The van der Waals surface area contributed by atoms with Gasteiger partial charge in [-0.15, -0.1) is 0 Å². The normalized spacial score (nSPS) is 12.8. The topological polar surface area (TPSA) is 68.2 Å². The van der Waals surface area contributed by atoms with Gasteiger partial charge in [-0.05, 0) is 25.0 Å². The monoisotopic (exact) mass is 267 g/mol. The first-order valence-electron chi connectivity index (χ1n) is 6.51. The lowest BCUT2D eigenvalue weighted by molar-refractivity contribution is 0.637. The van der Waals surface area contributed by atoms with E-state index in [9.17, 15) is 0 Å². The van der Waals surface area contributed by atoms with E-state index in [-0.39, 0.29) is 6.04 Å². The molecule has 3 aromatic rings. The van der Waals surface area contributed by atoms with Crippen LogP contribution in [0.25, 0.3) is 5.52 Å². The second-order valence-electron chi connectivity index (χ2n) is 4.97. The van der Waals surface area contributed by atoms with Crippen molar-refractivity contribution < 1.29 is 0 Å². The van der Waals surface area contributed by atoms with Gasteiger partial charge in [0, 0.05) is 18.0 Å². The molecule has 1 atom stereocenters. The molecule has 3 rings (SSSR count). The number of nitrogens with zero attached hydrogens (tertiary/aromatic N) is 3.